The summed E-state index contributed by atoms with van der Waals surface area (Å²) in [6.45, 7) is 2.29. The van der Waals surface area contributed by atoms with E-state index in [2.05, 4.69) is 10.2 Å². The lowest BCUT2D eigenvalue weighted by atomic mass is 10.3. The first-order valence-corrected chi connectivity index (χ1v) is 4.58. The average molecular weight is 214 g/mol. The minimum Gasteiger partial charge on any atom is -0.395 e. The van der Waals surface area contributed by atoms with Crippen LogP contribution in [-0.2, 0) is 0 Å². The smallest absolute Gasteiger partial charge is 0.287 e. The maximum Gasteiger partial charge on any atom is 0.287 e. The number of likely N-dealkylation sites (N-methyl/N-ethyl adjacent to an activating group) is 1. The topological polar surface area (TPSA) is 115 Å². The number of anilines is 1. The van der Waals surface area contributed by atoms with E-state index in [1.165, 1.54) is 4.90 Å². The normalized spacial score (nSPS) is 10.3. The van der Waals surface area contributed by atoms with Gasteiger partial charge < -0.3 is 15.7 Å². The van der Waals surface area contributed by atoms with Gasteiger partial charge in [-0.3, -0.25) is 19.8 Å². The molecule has 15 heavy (non-hydrogen) atoms. The molecule has 7 nitrogen and oxygen atoms in total. The Hall–Kier alpha value is -1.76. The molecular weight excluding hydrogens is 200 g/mol. The Morgan fingerprint density at radius 2 is 2.20 bits per heavy atom. The number of hydrogen-bond donors (Lipinski definition) is 4. The molecule has 0 aliphatic heterocycles. The number of H-pyrrole nitrogens is 2. The Labute approximate surface area is 85.9 Å². The Balaban J connectivity index is 2.92. The van der Waals surface area contributed by atoms with Gasteiger partial charge in [0.1, 0.15) is 11.4 Å². The quantitative estimate of drug-likeness (QED) is 0.500. The zero-order valence-electron chi connectivity index (χ0n) is 8.41. The Kier molecular flexibility index (Phi) is 3.51. The third-order valence-corrected chi connectivity index (χ3v) is 2.07. The van der Waals surface area contributed by atoms with Crippen LogP contribution in [0.2, 0.25) is 0 Å². The van der Waals surface area contributed by atoms with E-state index in [9.17, 15) is 9.59 Å². The Morgan fingerprint density at radius 3 is 2.60 bits per heavy atom. The van der Waals surface area contributed by atoms with E-state index in [4.69, 9.17) is 10.8 Å². The summed E-state index contributed by atoms with van der Waals surface area (Å²) in [6, 6.07) is 0. The summed E-state index contributed by atoms with van der Waals surface area (Å²) < 4.78 is 0. The van der Waals surface area contributed by atoms with Gasteiger partial charge in [0.2, 0.25) is 0 Å². The molecule has 84 valence electrons. The van der Waals surface area contributed by atoms with Crippen LogP contribution in [0.5, 0.6) is 0 Å². The van der Waals surface area contributed by atoms with E-state index in [0.29, 0.717) is 6.54 Å². The van der Waals surface area contributed by atoms with Crippen LogP contribution in [0.25, 0.3) is 0 Å². The third kappa shape index (κ3) is 2.18. The van der Waals surface area contributed by atoms with Gasteiger partial charge in [0.15, 0.2) is 0 Å². The number of aliphatic hydroxyl groups excluding tert-OH is 1. The predicted octanol–water partition coefficient (Wildman–Crippen LogP) is -1.26. The molecule has 7 heteroatoms. The molecule has 0 saturated heterocycles. The van der Waals surface area contributed by atoms with Crippen LogP contribution in [0.3, 0.4) is 0 Å². The third-order valence-electron chi connectivity index (χ3n) is 2.07. The number of nitrogens with one attached hydrogen (secondary N) is 2. The number of rotatable bonds is 4. The second-order valence-electron chi connectivity index (χ2n) is 2.98. The lowest BCUT2D eigenvalue weighted by Gasteiger charge is -2.18. The molecule has 0 aliphatic rings. The second kappa shape index (κ2) is 4.65. The number of aromatic amines is 2. The lowest BCUT2D eigenvalue weighted by molar-refractivity contribution is 0.0727. The highest BCUT2D eigenvalue weighted by molar-refractivity contribution is 5.96. The van der Waals surface area contributed by atoms with Crippen LogP contribution >= 0.6 is 0 Å². The summed E-state index contributed by atoms with van der Waals surface area (Å²) in [4.78, 5) is 24.1. The monoisotopic (exact) mass is 214 g/mol. The van der Waals surface area contributed by atoms with Crippen molar-refractivity contribution in [3.63, 3.8) is 0 Å². The van der Waals surface area contributed by atoms with Gasteiger partial charge in [0, 0.05) is 13.1 Å². The number of carbonyl (C=O) groups excluding carboxylic acids is 1. The average Bonchev–Trinajstić information content (AvgIpc) is 2.55. The summed E-state index contributed by atoms with van der Waals surface area (Å²) in [7, 11) is 0. The van der Waals surface area contributed by atoms with Gasteiger partial charge in [0.25, 0.3) is 11.5 Å². The van der Waals surface area contributed by atoms with E-state index in [0.717, 1.165) is 0 Å². The number of carbonyl (C=O) groups is 1. The van der Waals surface area contributed by atoms with Gasteiger partial charge in [-0.05, 0) is 6.92 Å². The van der Waals surface area contributed by atoms with Crippen molar-refractivity contribution in [1.82, 2.24) is 15.1 Å². The summed E-state index contributed by atoms with van der Waals surface area (Å²) in [5.41, 5.74) is 4.80. The van der Waals surface area contributed by atoms with Crippen molar-refractivity contribution in [1.29, 1.82) is 0 Å². The molecule has 1 aromatic rings. The van der Waals surface area contributed by atoms with Crippen LogP contribution in [0.4, 0.5) is 5.69 Å². The lowest BCUT2D eigenvalue weighted by Crippen LogP contribution is -2.34. The fourth-order valence-electron chi connectivity index (χ4n) is 1.22. The minimum atomic E-state index is -0.515. The van der Waals surface area contributed by atoms with E-state index >= 15 is 0 Å². The van der Waals surface area contributed by atoms with Gasteiger partial charge in [0.05, 0.1) is 6.61 Å². The fourth-order valence-corrected chi connectivity index (χ4v) is 1.22. The summed E-state index contributed by atoms with van der Waals surface area (Å²) in [5.74, 6) is -0.401. The van der Waals surface area contributed by atoms with Crippen molar-refractivity contribution in [2.45, 2.75) is 6.92 Å². The molecule has 0 spiro atoms. The van der Waals surface area contributed by atoms with Crippen molar-refractivity contribution in [3.8, 4) is 0 Å². The van der Waals surface area contributed by atoms with Gasteiger partial charge >= 0.3 is 0 Å². The molecule has 0 aromatic carbocycles. The number of aromatic nitrogens is 2. The number of nitrogens with two attached hydrogens (primary N) is 1. The molecule has 5 N–H and O–H groups in total. The number of nitrogens with zero attached hydrogens (tertiary/aromatic N) is 1. The van der Waals surface area contributed by atoms with Gasteiger partial charge in [-0.1, -0.05) is 0 Å². The fraction of sp³-hybridized carbons (Fsp3) is 0.500. The first-order valence-electron chi connectivity index (χ1n) is 4.58. The minimum absolute atomic E-state index is 0.0373. The first kappa shape index (κ1) is 11.3. The van der Waals surface area contributed by atoms with Gasteiger partial charge in [-0.25, -0.2) is 0 Å². The van der Waals surface area contributed by atoms with E-state index < -0.39 is 11.5 Å². The molecule has 0 radical (unpaired) electrons. The summed E-state index contributed by atoms with van der Waals surface area (Å²) >= 11 is 0. The Morgan fingerprint density at radius 1 is 1.53 bits per heavy atom. The van der Waals surface area contributed by atoms with Crippen molar-refractivity contribution in [3.05, 3.63) is 16.0 Å². The molecule has 0 atom stereocenters. The second-order valence-corrected chi connectivity index (χ2v) is 2.98. The Bertz CT molecular complexity index is 395. The molecule has 1 rings (SSSR count). The highest BCUT2D eigenvalue weighted by Crippen LogP contribution is 2.05. The summed E-state index contributed by atoms with van der Waals surface area (Å²) in [6.07, 6.45) is 0. The van der Waals surface area contributed by atoms with Crippen LogP contribution in [0, 0.1) is 0 Å². The largest absolute Gasteiger partial charge is 0.395 e. The van der Waals surface area contributed by atoms with Crippen LogP contribution in [0.1, 0.15) is 17.4 Å². The molecule has 0 unspecified atom stereocenters. The standard InChI is InChI=1S/C8H14N4O3/c1-2-12(3-4-13)8(15)6-5(9)7(14)11-10-6/h13H,2-4,9H2,1H3,(H2,10,11,14). The van der Waals surface area contributed by atoms with Crippen LogP contribution in [-0.4, -0.2) is 45.8 Å². The highest BCUT2D eigenvalue weighted by atomic mass is 16.3. The van der Waals surface area contributed by atoms with Crippen molar-refractivity contribution < 1.29 is 9.90 Å². The molecule has 0 saturated carbocycles. The number of hydrogen-bond acceptors (Lipinski definition) is 4. The van der Waals surface area contributed by atoms with Crippen molar-refractivity contribution in [2.24, 2.45) is 0 Å². The highest BCUT2D eigenvalue weighted by Gasteiger charge is 2.19. The number of amides is 1. The number of aliphatic hydroxyl groups is 1. The molecule has 0 bridgehead atoms. The van der Waals surface area contributed by atoms with Gasteiger partial charge in [-0.15, -0.1) is 0 Å². The van der Waals surface area contributed by atoms with Crippen molar-refractivity contribution >= 4 is 11.6 Å². The molecule has 1 heterocycles. The van der Waals surface area contributed by atoms with E-state index in [-0.39, 0.29) is 24.5 Å². The zero-order chi connectivity index (χ0) is 11.4. The molecule has 0 aliphatic carbocycles. The van der Waals surface area contributed by atoms with Crippen LogP contribution < -0.4 is 11.3 Å². The first-order chi connectivity index (χ1) is 7.11. The number of nitrogen functional groups attached to an aromatic ring is 1. The zero-order valence-corrected chi connectivity index (χ0v) is 8.41. The molecule has 1 aromatic heterocycles. The molecule has 0 fully saturated rings. The maximum absolute atomic E-state index is 11.7. The van der Waals surface area contributed by atoms with Crippen LogP contribution in [0.15, 0.2) is 4.79 Å². The van der Waals surface area contributed by atoms with Crippen molar-refractivity contribution in [2.75, 3.05) is 25.4 Å². The summed E-state index contributed by atoms with van der Waals surface area (Å²) in [5, 5.41) is 13.4. The maximum atomic E-state index is 11.7. The van der Waals surface area contributed by atoms with E-state index in [1.807, 2.05) is 0 Å². The SMILES string of the molecule is CCN(CCO)C(=O)c1[nH][nH]c(=O)c1N. The predicted molar refractivity (Wildman–Crippen MR) is 54.5 cm³/mol. The molecule has 1 amide bonds. The molecular formula is C8H14N4O3. The van der Waals surface area contributed by atoms with E-state index in [1.54, 1.807) is 6.92 Å². The van der Waals surface area contributed by atoms with Gasteiger partial charge in [-0.2, -0.15) is 0 Å².